The van der Waals surface area contributed by atoms with Crippen molar-refractivity contribution in [2.75, 3.05) is 4.90 Å². The highest BCUT2D eigenvalue weighted by atomic mass is 15.1. The van der Waals surface area contributed by atoms with Gasteiger partial charge in [0.2, 0.25) is 0 Å². The van der Waals surface area contributed by atoms with Crippen molar-refractivity contribution < 1.29 is 0 Å². The van der Waals surface area contributed by atoms with E-state index in [2.05, 4.69) is 140 Å². The Hall–Kier alpha value is -4.10. The predicted octanol–water partition coefficient (Wildman–Crippen LogP) is 9.91. The topological polar surface area (TPSA) is 3.24 Å². The first kappa shape index (κ1) is 22.4. The van der Waals surface area contributed by atoms with Gasteiger partial charge in [-0.05, 0) is 100 Å². The molecule has 0 saturated heterocycles. The van der Waals surface area contributed by atoms with E-state index in [0.29, 0.717) is 5.92 Å². The van der Waals surface area contributed by atoms with Crippen LogP contribution < -0.4 is 4.90 Å². The lowest BCUT2D eigenvalue weighted by atomic mass is 9.97. The highest BCUT2D eigenvalue weighted by molar-refractivity contribution is 5.83. The number of nitrogens with zero attached hydrogens (tertiary/aromatic N) is 1. The third-order valence-electron chi connectivity index (χ3n) is 7.58. The van der Waals surface area contributed by atoms with E-state index in [1.54, 1.807) is 0 Å². The van der Waals surface area contributed by atoms with Crippen molar-refractivity contribution >= 4 is 17.1 Å². The first-order valence-corrected chi connectivity index (χ1v) is 13.0. The van der Waals surface area contributed by atoms with Gasteiger partial charge >= 0.3 is 0 Å². The highest BCUT2D eigenvalue weighted by Crippen LogP contribution is 2.40. The highest BCUT2D eigenvalue weighted by Gasteiger charge is 2.19. The van der Waals surface area contributed by atoms with Crippen LogP contribution in [0.2, 0.25) is 0 Å². The zero-order valence-corrected chi connectivity index (χ0v) is 21.0. The molecule has 0 fully saturated rings. The van der Waals surface area contributed by atoms with Crippen LogP contribution in [0.5, 0.6) is 0 Å². The second-order valence-corrected chi connectivity index (χ2v) is 9.83. The zero-order valence-electron chi connectivity index (χ0n) is 21.0. The Morgan fingerprint density at radius 1 is 0.583 bits per heavy atom. The van der Waals surface area contributed by atoms with Gasteiger partial charge in [0, 0.05) is 17.1 Å². The second kappa shape index (κ2) is 9.51. The molecule has 176 valence electrons. The molecule has 1 heteroatoms. The molecule has 1 unspecified atom stereocenters. The van der Waals surface area contributed by atoms with Crippen LogP contribution in [-0.2, 0) is 6.42 Å². The number of hydrogen-bond donors (Lipinski definition) is 0. The summed E-state index contributed by atoms with van der Waals surface area (Å²) in [5.74, 6) is 0.537. The van der Waals surface area contributed by atoms with Gasteiger partial charge in [-0.1, -0.05) is 92.7 Å². The van der Waals surface area contributed by atoms with Crippen LogP contribution in [0.1, 0.15) is 42.9 Å². The lowest BCUT2D eigenvalue weighted by Crippen LogP contribution is -2.10. The monoisotopic (exact) mass is 465 g/mol. The zero-order chi connectivity index (χ0) is 24.5. The molecule has 1 aliphatic rings. The minimum absolute atomic E-state index is 0.537. The Labute approximate surface area is 214 Å². The quantitative estimate of drug-likeness (QED) is 0.236. The van der Waals surface area contributed by atoms with Crippen molar-refractivity contribution in [3.05, 3.63) is 138 Å². The predicted molar refractivity (Wildman–Crippen MR) is 154 cm³/mol. The van der Waals surface area contributed by atoms with E-state index in [9.17, 15) is 0 Å². The summed E-state index contributed by atoms with van der Waals surface area (Å²) in [6.07, 6.45) is 2.17. The molecule has 0 bridgehead atoms. The van der Waals surface area contributed by atoms with Crippen LogP contribution >= 0.6 is 0 Å². The van der Waals surface area contributed by atoms with Gasteiger partial charge in [0.15, 0.2) is 0 Å². The molecular weight excluding hydrogens is 434 g/mol. The van der Waals surface area contributed by atoms with Crippen LogP contribution in [0.25, 0.3) is 22.3 Å². The first-order valence-electron chi connectivity index (χ1n) is 13.0. The van der Waals surface area contributed by atoms with Gasteiger partial charge in [-0.15, -0.1) is 0 Å². The molecule has 0 radical (unpaired) electrons. The molecule has 0 saturated carbocycles. The minimum Gasteiger partial charge on any atom is -0.310 e. The van der Waals surface area contributed by atoms with Gasteiger partial charge in [-0.3, -0.25) is 0 Å². The fourth-order valence-corrected chi connectivity index (χ4v) is 5.34. The average molecular weight is 466 g/mol. The van der Waals surface area contributed by atoms with E-state index >= 15 is 0 Å². The summed E-state index contributed by atoms with van der Waals surface area (Å²) in [4.78, 5) is 2.36. The maximum atomic E-state index is 2.36. The minimum atomic E-state index is 0.537. The van der Waals surface area contributed by atoms with Crippen molar-refractivity contribution in [2.45, 2.75) is 32.6 Å². The molecule has 1 aliphatic carbocycles. The summed E-state index contributed by atoms with van der Waals surface area (Å²) in [5.41, 5.74) is 13.0. The molecule has 6 rings (SSSR count). The summed E-state index contributed by atoms with van der Waals surface area (Å²) in [7, 11) is 0. The molecule has 0 aromatic heterocycles. The summed E-state index contributed by atoms with van der Waals surface area (Å²) >= 11 is 0. The van der Waals surface area contributed by atoms with Crippen molar-refractivity contribution in [3.8, 4) is 22.3 Å². The summed E-state index contributed by atoms with van der Waals surface area (Å²) in [6, 6.07) is 44.4. The van der Waals surface area contributed by atoms with Crippen molar-refractivity contribution in [3.63, 3.8) is 0 Å². The van der Waals surface area contributed by atoms with Crippen LogP contribution in [0.4, 0.5) is 17.1 Å². The molecule has 0 N–H and O–H groups in total. The van der Waals surface area contributed by atoms with Gasteiger partial charge in [-0.25, -0.2) is 0 Å². The van der Waals surface area contributed by atoms with E-state index in [-0.39, 0.29) is 0 Å². The number of hydrogen-bond acceptors (Lipinski definition) is 1. The number of para-hydroxylation sites is 1. The fourth-order valence-electron chi connectivity index (χ4n) is 5.34. The van der Waals surface area contributed by atoms with Gasteiger partial charge in [0.25, 0.3) is 0 Å². The maximum absolute atomic E-state index is 2.36. The van der Waals surface area contributed by atoms with Crippen molar-refractivity contribution in [2.24, 2.45) is 0 Å². The Kier molecular flexibility index (Phi) is 5.91. The molecule has 36 heavy (non-hydrogen) atoms. The Bertz CT molecular complexity index is 1500. The standard InChI is InChI=1S/C35H31N/c1-3-25(2)27-11-9-14-33(23-27)36(31-12-5-4-6-13-31)32-20-18-26(19-21-32)28-16-17-30-22-29-10-7-8-15-34(29)35(30)24-28/h4-21,23-25H,3,22H2,1-2H3. The Morgan fingerprint density at radius 2 is 1.25 bits per heavy atom. The maximum Gasteiger partial charge on any atom is 0.0464 e. The van der Waals surface area contributed by atoms with E-state index in [1.807, 2.05) is 0 Å². The number of anilines is 3. The Morgan fingerprint density at radius 3 is 2.06 bits per heavy atom. The number of fused-ring (bicyclic) bond motifs is 3. The number of benzene rings is 5. The molecule has 5 aromatic carbocycles. The number of rotatable bonds is 6. The lowest BCUT2D eigenvalue weighted by Gasteiger charge is -2.26. The Balaban J connectivity index is 1.37. The third kappa shape index (κ3) is 4.12. The average Bonchev–Trinajstić information content (AvgIpc) is 3.32. The second-order valence-electron chi connectivity index (χ2n) is 9.83. The summed E-state index contributed by atoms with van der Waals surface area (Å²) in [6.45, 7) is 4.55. The van der Waals surface area contributed by atoms with Gasteiger partial charge in [0.05, 0.1) is 0 Å². The normalized spacial score (nSPS) is 12.6. The van der Waals surface area contributed by atoms with E-state index in [0.717, 1.165) is 18.5 Å². The lowest BCUT2D eigenvalue weighted by molar-refractivity contribution is 0.733. The van der Waals surface area contributed by atoms with Crippen LogP contribution in [0.3, 0.4) is 0 Å². The van der Waals surface area contributed by atoms with Crippen LogP contribution in [0.15, 0.2) is 121 Å². The summed E-state index contributed by atoms with van der Waals surface area (Å²) in [5, 5.41) is 0. The fraction of sp³-hybridized carbons (Fsp3) is 0.143. The molecule has 0 heterocycles. The molecule has 0 amide bonds. The first-order chi connectivity index (χ1) is 17.7. The summed E-state index contributed by atoms with van der Waals surface area (Å²) < 4.78 is 0. The van der Waals surface area contributed by atoms with E-state index < -0.39 is 0 Å². The van der Waals surface area contributed by atoms with Gasteiger partial charge in [0.1, 0.15) is 0 Å². The molecule has 0 aliphatic heterocycles. The third-order valence-corrected chi connectivity index (χ3v) is 7.58. The van der Waals surface area contributed by atoms with Gasteiger partial charge in [-0.2, -0.15) is 0 Å². The smallest absolute Gasteiger partial charge is 0.0464 e. The van der Waals surface area contributed by atoms with Crippen molar-refractivity contribution in [1.29, 1.82) is 0 Å². The molecule has 1 nitrogen and oxygen atoms in total. The molecule has 0 spiro atoms. The van der Waals surface area contributed by atoms with Gasteiger partial charge < -0.3 is 4.90 Å². The molecular formula is C35H31N. The molecule has 1 atom stereocenters. The van der Waals surface area contributed by atoms with Crippen LogP contribution in [0, 0.1) is 0 Å². The van der Waals surface area contributed by atoms with E-state index in [4.69, 9.17) is 0 Å². The van der Waals surface area contributed by atoms with E-state index in [1.165, 1.54) is 50.3 Å². The van der Waals surface area contributed by atoms with Crippen molar-refractivity contribution in [1.82, 2.24) is 0 Å². The molecule has 5 aromatic rings. The van der Waals surface area contributed by atoms with Crippen LogP contribution in [-0.4, -0.2) is 0 Å². The SMILES string of the molecule is CCC(C)c1cccc(N(c2ccccc2)c2ccc(-c3ccc4c(c3)-c3ccccc3C4)cc2)c1. The largest absolute Gasteiger partial charge is 0.310 e.